The molecule has 2 amide bonds. The Labute approximate surface area is 200 Å². The fourth-order valence-corrected chi connectivity index (χ4v) is 5.31. The standard InChI is InChI=1S/C25H35N3O4S/c1-6-8-12-28(7-2)13-11-26-24(29)22-17-15-19(31-4)20(32-5)16-18(17)25(30)27(3)23(22)21-10-9-14-33-21/h9-10,14-16,22-23H,6-8,11-13H2,1-5H3,(H,26,29). The second-order valence-corrected chi connectivity index (χ2v) is 9.21. The number of unbranched alkanes of at least 4 members (excludes halogenated alkanes) is 1. The van der Waals surface area contributed by atoms with Crippen molar-refractivity contribution < 1.29 is 19.1 Å². The van der Waals surface area contributed by atoms with Crippen LogP contribution >= 0.6 is 11.3 Å². The van der Waals surface area contributed by atoms with Crippen molar-refractivity contribution in [1.82, 2.24) is 15.1 Å². The molecule has 0 fully saturated rings. The molecule has 33 heavy (non-hydrogen) atoms. The third-order valence-electron chi connectivity index (χ3n) is 6.29. The lowest BCUT2D eigenvalue weighted by Crippen LogP contribution is -2.46. The predicted molar refractivity (Wildman–Crippen MR) is 131 cm³/mol. The van der Waals surface area contributed by atoms with E-state index in [0.717, 1.165) is 37.4 Å². The number of hydrogen-bond donors (Lipinski definition) is 1. The van der Waals surface area contributed by atoms with Gasteiger partial charge in [0.15, 0.2) is 11.5 Å². The second kappa shape index (κ2) is 11.5. The number of fused-ring (bicyclic) bond motifs is 1. The van der Waals surface area contributed by atoms with Crippen molar-refractivity contribution in [2.45, 2.75) is 38.6 Å². The molecule has 1 aliphatic heterocycles. The van der Waals surface area contributed by atoms with Gasteiger partial charge in [0.25, 0.3) is 5.91 Å². The maximum Gasteiger partial charge on any atom is 0.254 e. The number of rotatable bonds is 11. The first-order chi connectivity index (χ1) is 16.0. The van der Waals surface area contributed by atoms with Gasteiger partial charge in [-0.25, -0.2) is 0 Å². The van der Waals surface area contributed by atoms with E-state index in [9.17, 15) is 9.59 Å². The van der Waals surface area contributed by atoms with Crippen molar-refractivity contribution in [2.75, 3.05) is 47.4 Å². The summed E-state index contributed by atoms with van der Waals surface area (Å²) in [7, 11) is 4.86. The third kappa shape index (κ3) is 5.33. The molecule has 0 radical (unpaired) electrons. The molecule has 1 aromatic heterocycles. The minimum absolute atomic E-state index is 0.0900. The first-order valence-electron chi connectivity index (χ1n) is 11.5. The normalized spacial score (nSPS) is 17.8. The zero-order valence-electron chi connectivity index (χ0n) is 20.2. The van der Waals surface area contributed by atoms with Gasteiger partial charge in [-0.05, 0) is 48.7 Å². The van der Waals surface area contributed by atoms with Gasteiger partial charge in [-0.15, -0.1) is 11.3 Å². The van der Waals surface area contributed by atoms with Crippen molar-refractivity contribution in [3.05, 3.63) is 45.6 Å². The summed E-state index contributed by atoms with van der Waals surface area (Å²) in [6.07, 6.45) is 2.29. The van der Waals surface area contributed by atoms with Crippen LogP contribution in [0.3, 0.4) is 0 Å². The third-order valence-corrected chi connectivity index (χ3v) is 7.24. The van der Waals surface area contributed by atoms with Crippen LogP contribution in [0.4, 0.5) is 0 Å². The van der Waals surface area contributed by atoms with Gasteiger partial charge in [-0.2, -0.15) is 0 Å². The SMILES string of the molecule is CCCCN(CC)CCNC(=O)C1c2cc(OC)c(OC)cc2C(=O)N(C)C1c1cccs1. The molecule has 8 heteroatoms. The maximum atomic E-state index is 13.6. The molecule has 1 N–H and O–H groups in total. The quantitative estimate of drug-likeness (QED) is 0.536. The lowest BCUT2D eigenvalue weighted by molar-refractivity contribution is -0.124. The Morgan fingerprint density at radius 1 is 1.18 bits per heavy atom. The van der Waals surface area contributed by atoms with Crippen molar-refractivity contribution in [3.8, 4) is 11.5 Å². The Bertz CT molecular complexity index is 947. The van der Waals surface area contributed by atoms with Gasteiger partial charge in [0.2, 0.25) is 5.91 Å². The van der Waals surface area contributed by atoms with Crippen LogP contribution in [0, 0.1) is 0 Å². The monoisotopic (exact) mass is 473 g/mol. The highest BCUT2D eigenvalue weighted by atomic mass is 32.1. The van der Waals surface area contributed by atoms with Gasteiger partial charge in [0.05, 0.1) is 26.2 Å². The smallest absolute Gasteiger partial charge is 0.254 e. The molecule has 0 aliphatic carbocycles. The zero-order chi connectivity index (χ0) is 24.0. The minimum atomic E-state index is -0.549. The predicted octanol–water partition coefficient (Wildman–Crippen LogP) is 3.91. The van der Waals surface area contributed by atoms with Crippen LogP contribution in [0.1, 0.15) is 59.4 Å². The van der Waals surface area contributed by atoms with Gasteiger partial charge in [0.1, 0.15) is 0 Å². The Balaban J connectivity index is 1.94. The lowest BCUT2D eigenvalue weighted by Gasteiger charge is -2.39. The molecule has 1 aliphatic rings. The van der Waals surface area contributed by atoms with Crippen molar-refractivity contribution >= 4 is 23.2 Å². The fraction of sp³-hybridized carbons (Fsp3) is 0.520. The van der Waals surface area contributed by atoms with Gasteiger partial charge >= 0.3 is 0 Å². The summed E-state index contributed by atoms with van der Waals surface area (Å²) in [4.78, 5) is 31.9. The van der Waals surface area contributed by atoms with E-state index in [1.54, 1.807) is 42.5 Å². The number of nitrogens with zero attached hydrogens (tertiary/aromatic N) is 2. The Hall–Kier alpha value is -2.58. The van der Waals surface area contributed by atoms with Crippen LogP contribution in [0.5, 0.6) is 11.5 Å². The lowest BCUT2D eigenvalue weighted by atomic mass is 9.81. The molecule has 0 saturated heterocycles. The number of likely N-dealkylation sites (N-methyl/N-ethyl adjacent to an activating group) is 2. The highest BCUT2D eigenvalue weighted by molar-refractivity contribution is 7.10. The average Bonchev–Trinajstić information content (AvgIpc) is 3.36. The van der Waals surface area contributed by atoms with E-state index in [-0.39, 0.29) is 17.9 Å². The van der Waals surface area contributed by atoms with Gasteiger partial charge in [-0.3, -0.25) is 9.59 Å². The number of ether oxygens (including phenoxy) is 2. The topological polar surface area (TPSA) is 71.1 Å². The number of nitrogens with one attached hydrogen (secondary N) is 1. The van der Waals surface area contributed by atoms with Crippen molar-refractivity contribution in [2.24, 2.45) is 0 Å². The summed E-state index contributed by atoms with van der Waals surface area (Å²) >= 11 is 1.55. The molecular formula is C25H35N3O4S. The largest absolute Gasteiger partial charge is 0.493 e. The first kappa shape index (κ1) is 25.1. The van der Waals surface area contributed by atoms with Crippen LogP contribution in [0.2, 0.25) is 0 Å². The van der Waals surface area contributed by atoms with Crippen LogP contribution < -0.4 is 14.8 Å². The number of methoxy groups -OCH3 is 2. The van der Waals surface area contributed by atoms with Crippen molar-refractivity contribution in [1.29, 1.82) is 0 Å². The Morgan fingerprint density at radius 3 is 2.52 bits per heavy atom. The molecule has 3 rings (SSSR count). The van der Waals surface area contributed by atoms with Gasteiger partial charge < -0.3 is 24.6 Å². The highest BCUT2D eigenvalue weighted by Gasteiger charge is 2.44. The van der Waals surface area contributed by atoms with Crippen LogP contribution in [-0.4, -0.2) is 69.1 Å². The van der Waals surface area contributed by atoms with Crippen LogP contribution in [0.15, 0.2) is 29.6 Å². The van der Waals surface area contributed by atoms with E-state index < -0.39 is 5.92 Å². The summed E-state index contributed by atoms with van der Waals surface area (Å²) in [5.41, 5.74) is 1.14. The van der Waals surface area contributed by atoms with Crippen LogP contribution in [0.25, 0.3) is 0 Å². The minimum Gasteiger partial charge on any atom is -0.493 e. The fourth-order valence-electron chi connectivity index (χ4n) is 4.40. The number of carbonyl (C=O) groups is 2. The van der Waals surface area contributed by atoms with Crippen LogP contribution in [-0.2, 0) is 4.79 Å². The summed E-state index contributed by atoms with van der Waals surface area (Å²) < 4.78 is 10.9. The van der Waals surface area contributed by atoms with Crippen molar-refractivity contribution in [3.63, 3.8) is 0 Å². The van der Waals surface area contributed by atoms with E-state index in [1.807, 2.05) is 17.5 Å². The molecule has 2 aromatic rings. The van der Waals surface area contributed by atoms with E-state index >= 15 is 0 Å². The molecule has 1 aromatic carbocycles. The maximum absolute atomic E-state index is 13.6. The summed E-state index contributed by atoms with van der Waals surface area (Å²) in [5, 5.41) is 5.11. The summed E-state index contributed by atoms with van der Waals surface area (Å²) in [6, 6.07) is 7.01. The zero-order valence-corrected chi connectivity index (χ0v) is 21.0. The van der Waals surface area contributed by atoms with E-state index in [4.69, 9.17) is 9.47 Å². The number of amides is 2. The van der Waals surface area contributed by atoms with E-state index in [1.165, 1.54) is 7.11 Å². The molecule has 2 unspecified atom stereocenters. The number of hydrogen-bond acceptors (Lipinski definition) is 6. The Morgan fingerprint density at radius 2 is 1.91 bits per heavy atom. The van der Waals surface area contributed by atoms with E-state index in [2.05, 4.69) is 24.1 Å². The van der Waals surface area contributed by atoms with Gasteiger partial charge in [-0.1, -0.05) is 26.3 Å². The second-order valence-electron chi connectivity index (χ2n) is 8.23. The van der Waals surface area contributed by atoms with Gasteiger partial charge in [0, 0.05) is 30.6 Å². The molecule has 180 valence electrons. The average molecular weight is 474 g/mol. The molecule has 0 saturated carbocycles. The molecule has 2 heterocycles. The van der Waals surface area contributed by atoms with E-state index in [0.29, 0.717) is 29.2 Å². The summed E-state index contributed by atoms with van der Waals surface area (Å²) in [6.45, 7) is 7.66. The molecule has 0 bridgehead atoms. The molecule has 7 nitrogen and oxygen atoms in total. The number of thiophene rings is 1. The summed E-state index contributed by atoms with van der Waals surface area (Å²) in [5.74, 6) is 0.207. The first-order valence-corrected chi connectivity index (χ1v) is 12.4. The molecular weight excluding hydrogens is 438 g/mol. The number of carbonyl (C=O) groups excluding carboxylic acids is 2. The molecule has 2 atom stereocenters. The Kier molecular flexibility index (Phi) is 8.74. The molecule has 0 spiro atoms. The number of benzene rings is 1. The highest BCUT2D eigenvalue weighted by Crippen LogP contribution is 2.46.